The van der Waals surface area contributed by atoms with E-state index in [4.69, 9.17) is 0 Å². The topological polar surface area (TPSA) is 54.3 Å². The molecule has 0 radical (unpaired) electrons. The van der Waals surface area contributed by atoms with E-state index in [9.17, 15) is 4.79 Å². The van der Waals surface area contributed by atoms with Gasteiger partial charge in [0, 0.05) is 61.7 Å². The summed E-state index contributed by atoms with van der Waals surface area (Å²) in [6, 6.07) is 23.1. The van der Waals surface area contributed by atoms with Gasteiger partial charge >= 0.3 is 0 Å². The molecular weight excluding hydrogens is 446 g/mol. The van der Waals surface area contributed by atoms with Crippen LogP contribution in [-0.2, 0) is 13.0 Å². The Labute approximate surface area is 213 Å². The lowest BCUT2D eigenvalue weighted by molar-refractivity contribution is 0.0603. The minimum Gasteiger partial charge on any atom is -0.339 e. The van der Waals surface area contributed by atoms with Gasteiger partial charge in [-0.1, -0.05) is 36.4 Å². The maximum absolute atomic E-state index is 13.2. The van der Waals surface area contributed by atoms with E-state index < -0.39 is 0 Å². The average Bonchev–Trinajstić information content (AvgIpc) is 3.48. The number of amides is 1. The number of hydrogen-bond donors (Lipinski definition) is 0. The molecule has 2 aromatic heterocycles. The molecule has 0 unspecified atom stereocenters. The molecule has 1 atom stereocenters. The minimum absolute atomic E-state index is 0.119. The first-order valence-electron chi connectivity index (χ1n) is 12.7. The molecule has 6 nitrogen and oxygen atoms in total. The highest BCUT2D eigenvalue weighted by molar-refractivity contribution is 5.94. The molecule has 1 aliphatic rings. The zero-order valence-corrected chi connectivity index (χ0v) is 20.8. The zero-order valence-electron chi connectivity index (χ0n) is 20.8. The molecule has 0 bridgehead atoms. The van der Waals surface area contributed by atoms with Crippen LogP contribution in [0.25, 0.3) is 5.69 Å². The van der Waals surface area contributed by atoms with Crippen molar-refractivity contribution in [1.82, 2.24) is 24.3 Å². The van der Waals surface area contributed by atoms with Crippen molar-refractivity contribution < 1.29 is 4.79 Å². The second kappa shape index (κ2) is 11.3. The van der Waals surface area contributed by atoms with E-state index in [1.165, 1.54) is 11.1 Å². The Hall–Kier alpha value is -3.77. The lowest BCUT2D eigenvalue weighted by Gasteiger charge is -2.40. The maximum Gasteiger partial charge on any atom is 0.253 e. The molecule has 1 saturated heterocycles. The number of likely N-dealkylation sites (tertiary alicyclic amines) is 1. The average molecular weight is 480 g/mol. The van der Waals surface area contributed by atoms with Gasteiger partial charge in [-0.05, 0) is 73.7 Å². The summed E-state index contributed by atoms with van der Waals surface area (Å²) in [5.41, 5.74) is 4.33. The van der Waals surface area contributed by atoms with Crippen molar-refractivity contribution in [2.75, 3.05) is 20.1 Å². The van der Waals surface area contributed by atoms with Crippen LogP contribution in [0.15, 0.2) is 97.8 Å². The summed E-state index contributed by atoms with van der Waals surface area (Å²) < 4.78 is 1.94. The highest BCUT2D eigenvalue weighted by atomic mass is 16.2. The van der Waals surface area contributed by atoms with Crippen molar-refractivity contribution in [2.24, 2.45) is 5.92 Å². The number of aromatic nitrogens is 3. The fourth-order valence-electron chi connectivity index (χ4n) is 5.29. The SMILES string of the molecule is CN(Cc1cccnc1)[C@H](Cc1ccccc1)C1CCN(C(=O)c2ccc(-n3ccnc3)cc2)CC1. The van der Waals surface area contributed by atoms with Gasteiger partial charge in [0.1, 0.15) is 0 Å². The van der Waals surface area contributed by atoms with Gasteiger partial charge in [0.15, 0.2) is 0 Å². The zero-order chi connectivity index (χ0) is 24.7. The van der Waals surface area contributed by atoms with Gasteiger partial charge in [-0.25, -0.2) is 4.98 Å². The molecule has 2 aromatic carbocycles. The number of benzene rings is 2. The van der Waals surface area contributed by atoms with Crippen LogP contribution in [-0.4, -0.2) is 56.4 Å². The van der Waals surface area contributed by atoms with E-state index in [0.717, 1.165) is 50.1 Å². The van der Waals surface area contributed by atoms with Crippen molar-refractivity contribution in [1.29, 1.82) is 0 Å². The molecular formula is C30H33N5O. The molecule has 1 fully saturated rings. The molecule has 0 spiro atoms. The van der Waals surface area contributed by atoms with Gasteiger partial charge in [0.05, 0.1) is 6.33 Å². The molecule has 4 aromatic rings. The Morgan fingerprint density at radius 1 is 0.944 bits per heavy atom. The van der Waals surface area contributed by atoms with Crippen LogP contribution in [0.3, 0.4) is 0 Å². The monoisotopic (exact) mass is 479 g/mol. The highest BCUT2D eigenvalue weighted by Crippen LogP contribution is 2.28. The van der Waals surface area contributed by atoms with E-state index in [1.807, 2.05) is 58.4 Å². The fourth-order valence-corrected chi connectivity index (χ4v) is 5.29. The van der Waals surface area contributed by atoms with Crippen LogP contribution < -0.4 is 0 Å². The predicted octanol–water partition coefficient (Wildman–Crippen LogP) is 4.86. The quantitative estimate of drug-likeness (QED) is 0.362. The van der Waals surface area contributed by atoms with Crippen LogP contribution in [0.1, 0.15) is 34.3 Å². The molecule has 5 rings (SSSR count). The largest absolute Gasteiger partial charge is 0.339 e. The summed E-state index contributed by atoms with van der Waals surface area (Å²) in [7, 11) is 2.22. The van der Waals surface area contributed by atoms with Gasteiger partial charge in [-0.15, -0.1) is 0 Å². The van der Waals surface area contributed by atoms with E-state index >= 15 is 0 Å². The Morgan fingerprint density at radius 3 is 2.36 bits per heavy atom. The number of piperidine rings is 1. The number of rotatable bonds is 8. The maximum atomic E-state index is 13.2. The first-order chi connectivity index (χ1) is 17.7. The third kappa shape index (κ3) is 5.71. The number of carbonyl (C=O) groups is 1. The summed E-state index contributed by atoms with van der Waals surface area (Å²) in [6.45, 7) is 2.45. The summed E-state index contributed by atoms with van der Waals surface area (Å²) in [6.07, 6.45) is 12.2. The normalized spacial score (nSPS) is 15.2. The van der Waals surface area contributed by atoms with Gasteiger partial charge in [0.2, 0.25) is 0 Å². The minimum atomic E-state index is 0.119. The Balaban J connectivity index is 1.24. The standard InChI is InChI=1S/C30H33N5O/c1-33(22-25-8-5-15-31-21-25)29(20-24-6-3-2-4-7-24)26-13-17-34(18-14-26)30(36)27-9-11-28(12-10-27)35-19-16-32-23-35/h2-12,15-16,19,21,23,26,29H,13-14,17-18,20,22H2,1H3/t29-/m1/s1. The number of hydrogen-bond acceptors (Lipinski definition) is 4. The van der Waals surface area contributed by atoms with Gasteiger partial charge < -0.3 is 9.47 Å². The van der Waals surface area contributed by atoms with E-state index in [-0.39, 0.29) is 5.91 Å². The van der Waals surface area contributed by atoms with Crippen LogP contribution in [0.2, 0.25) is 0 Å². The second-order valence-corrected chi connectivity index (χ2v) is 9.68. The number of carbonyl (C=O) groups excluding carboxylic acids is 1. The van der Waals surface area contributed by atoms with Crippen molar-refractivity contribution in [3.8, 4) is 5.69 Å². The first kappa shape index (κ1) is 23.9. The van der Waals surface area contributed by atoms with Crippen molar-refractivity contribution in [2.45, 2.75) is 31.8 Å². The Bertz CT molecular complexity index is 1220. The van der Waals surface area contributed by atoms with Crippen LogP contribution in [0.4, 0.5) is 0 Å². The Kier molecular flexibility index (Phi) is 7.52. The molecule has 36 heavy (non-hydrogen) atoms. The summed E-state index contributed by atoms with van der Waals surface area (Å²) in [4.78, 5) is 26.1. The first-order valence-corrected chi connectivity index (χ1v) is 12.7. The van der Waals surface area contributed by atoms with Gasteiger partial charge in [-0.3, -0.25) is 14.7 Å². The molecule has 0 aliphatic carbocycles. The molecule has 184 valence electrons. The van der Waals surface area contributed by atoms with Crippen LogP contribution >= 0.6 is 0 Å². The summed E-state index contributed by atoms with van der Waals surface area (Å²) in [5, 5.41) is 0. The van der Waals surface area contributed by atoms with Crippen LogP contribution in [0, 0.1) is 5.92 Å². The van der Waals surface area contributed by atoms with Crippen molar-refractivity contribution in [3.63, 3.8) is 0 Å². The molecule has 1 aliphatic heterocycles. The van der Waals surface area contributed by atoms with E-state index in [0.29, 0.717) is 12.0 Å². The molecule has 6 heteroatoms. The Morgan fingerprint density at radius 2 is 1.69 bits per heavy atom. The summed E-state index contributed by atoms with van der Waals surface area (Å²) >= 11 is 0. The van der Waals surface area contributed by atoms with Crippen LogP contribution in [0.5, 0.6) is 0 Å². The lowest BCUT2D eigenvalue weighted by atomic mass is 9.84. The third-order valence-corrected chi connectivity index (χ3v) is 7.30. The van der Waals surface area contributed by atoms with Crippen molar-refractivity contribution in [3.05, 3.63) is 115 Å². The highest BCUT2D eigenvalue weighted by Gasteiger charge is 2.31. The number of likely N-dealkylation sites (N-methyl/N-ethyl adjacent to an activating group) is 1. The third-order valence-electron chi connectivity index (χ3n) is 7.30. The molecule has 0 N–H and O–H groups in total. The number of pyridine rings is 1. The second-order valence-electron chi connectivity index (χ2n) is 9.68. The van der Waals surface area contributed by atoms with E-state index in [2.05, 4.69) is 58.3 Å². The smallest absolute Gasteiger partial charge is 0.253 e. The summed E-state index contributed by atoms with van der Waals surface area (Å²) in [5.74, 6) is 0.647. The fraction of sp³-hybridized carbons (Fsp3) is 0.300. The lowest BCUT2D eigenvalue weighted by Crippen LogP contribution is -2.46. The molecule has 0 saturated carbocycles. The number of imidazole rings is 1. The molecule has 3 heterocycles. The van der Waals surface area contributed by atoms with Crippen molar-refractivity contribution >= 4 is 5.91 Å². The van der Waals surface area contributed by atoms with E-state index in [1.54, 1.807) is 12.5 Å². The number of nitrogens with zero attached hydrogens (tertiary/aromatic N) is 5. The molecule has 1 amide bonds. The predicted molar refractivity (Wildman–Crippen MR) is 142 cm³/mol. The van der Waals surface area contributed by atoms with Gasteiger partial charge in [-0.2, -0.15) is 0 Å². The van der Waals surface area contributed by atoms with Gasteiger partial charge in [0.25, 0.3) is 5.91 Å².